The summed E-state index contributed by atoms with van der Waals surface area (Å²) in [5.74, 6) is -0.881. The molecule has 0 aromatic heterocycles. The first-order valence-corrected chi connectivity index (χ1v) is 14.1. The molecular weight excluding hydrogens is 496 g/mol. The first-order valence-electron chi connectivity index (χ1n) is 14.1. The molecule has 10 nitrogen and oxygen atoms in total. The van der Waals surface area contributed by atoms with E-state index in [0.717, 1.165) is 12.0 Å². The number of fused-ring (bicyclic) bond motifs is 5. The van der Waals surface area contributed by atoms with Crippen LogP contribution >= 0.6 is 0 Å². The molecule has 4 saturated carbocycles. The van der Waals surface area contributed by atoms with Crippen LogP contribution in [0.3, 0.4) is 0 Å². The minimum absolute atomic E-state index is 0.0388. The average Bonchev–Trinajstić information content (AvgIpc) is 3.39. The van der Waals surface area contributed by atoms with Crippen LogP contribution in [-0.2, 0) is 19.0 Å². The number of carbonyl (C=O) groups excluding carboxylic acids is 1. The molecule has 13 atom stereocenters. The van der Waals surface area contributed by atoms with Crippen LogP contribution in [0.2, 0.25) is 0 Å². The summed E-state index contributed by atoms with van der Waals surface area (Å²) in [4.78, 5) is 11.8. The molecule has 0 aromatic carbocycles. The molecule has 0 radical (unpaired) electrons. The molecule has 0 aromatic rings. The molecule has 0 bridgehead atoms. The van der Waals surface area contributed by atoms with Crippen molar-refractivity contribution >= 4 is 5.97 Å². The Morgan fingerprint density at radius 3 is 2.39 bits per heavy atom. The zero-order valence-electron chi connectivity index (χ0n) is 22.2. The Labute approximate surface area is 222 Å². The van der Waals surface area contributed by atoms with Gasteiger partial charge in [0.15, 0.2) is 6.29 Å². The largest absolute Gasteiger partial charge is 0.458 e. The lowest BCUT2D eigenvalue weighted by molar-refractivity contribution is -0.310. The molecule has 4 aliphatic carbocycles. The average molecular weight is 539 g/mol. The molecular formula is C28H42O10. The molecule has 0 unspecified atom stereocenters. The van der Waals surface area contributed by atoms with Crippen molar-refractivity contribution in [1.29, 1.82) is 0 Å². The van der Waals surface area contributed by atoms with Crippen molar-refractivity contribution < 1.29 is 49.6 Å². The topological polar surface area (TPSA) is 166 Å². The Balaban J connectivity index is 1.23. The van der Waals surface area contributed by atoms with Crippen molar-refractivity contribution in [2.75, 3.05) is 13.2 Å². The second-order valence-corrected chi connectivity index (χ2v) is 13.4. The second-order valence-electron chi connectivity index (χ2n) is 13.4. The molecule has 10 heteroatoms. The maximum Gasteiger partial charge on any atom is 0.331 e. The number of rotatable bonds is 3. The van der Waals surface area contributed by atoms with E-state index in [0.29, 0.717) is 38.5 Å². The number of aliphatic hydroxyl groups is 6. The Hall–Kier alpha value is -1.11. The molecule has 2 aliphatic heterocycles. The highest BCUT2D eigenvalue weighted by atomic mass is 16.7. The normalized spacial score (nSPS) is 56.5. The van der Waals surface area contributed by atoms with E-state index in [-0.39, 0.29) is 43.4 Å². The van der Waals surface area contributed by atoms with E-state index in [2.05, 4.69) is 0 Å². The standard InChI is InChI=1S/C28H42O10/c1-25-6-3-15(38-24-23(33)22(32)19(30)13-37-24)10-27(25,34)7-4-17-21(25)18(29)11-26(2)16(5-8-28(17,26)35)14-9-20(31)36-12-14/h9,15-19,21-24,29-30,32-35H,3-8,10-13H2,1-2H3/t15-,16+,17+,18+,19+,21+,22+,23+,24-,25+,26+,27-,28-/m0/s1. The fourth-order valence-electron chi connectivity index (χ4n) is 9.67. The molecule has 214 valence electrons. The lowest BCUT2D eigenvalue weighted by Crippen LogP contribution is -2.71. The van der Waals surface area contributed by atoms with Crippen molar-refractivity contribution in [2.24, 2.45) is 28.6 Å². The van der Waals surface area contributed by atoms with Gasteiger partial charge < -0.3 is 44.8 Å². The summed E-state index contributed by atoms with van der Waals surface area (Å²) >= 11 is 0. The Kier molecular flexibility index (Phi) is 6.37. The van der Waals surface area contributed by atoms with Gasteiger partial charge in [-0.1, -0.05) is 13.8 Å². The lowest BCUT2D eigenvalue weighted by atomic mass is 9.41. The predicted molar refractivity (Wildman–Crippen MR) is 131 cm³/mol. The van der Waals surface area contributed by atoms with Crippen LogP contribution in [0.4, 0.5) is 0 Å². The monoisotopic (exact) mass is 538 g/mol. The first-order chi connectivity index (χ1) is 17.8. The summed E-state index contributed by atoms with van der Waals surface area (Å²) in [7, 11) is 0. The minimum atomic E-state index is -1.39. The molecule has 1 saturated heterocycles. The summed E-state index contributed by atoms with van der Waals surface area (Å²) < 4.78 is 16.6. The third kappa shape index (κ3) is 3.64. The van der Waals surface area contributed by atoms with Crippen LogP contribution in [-0.4, -0.2) is 97.8 Å². The fraction of sp³-hybridized carbons (Fsp3) is 0.893. The van der Waals surface area contributed by atoms with Crippen LogP contribution in [0, 0.1) is 28.6 Å². The van der Waals surface area contributed by atoms with E-state index in [1.54, 1.807) is 6.08 Å². The highest BCUT2D eigenvalue weighted by molar-refractivity contribution is 5.85. The van der Waals surface area contributed by atoms with E-state index in [1.807, 2.05) is 13.8 Å². The van der Waals surface area contributed by atoms with Gasteiger partial charge in [0.25, 0.3) is 0 Å². The molecule has 6 rings (SSSR count). The number of hydrogen-bond donors (Lipinski definition) is 6. The van der Waals surface area contributed by atoms with Gasteiger partial charge in [-0.05, 0) is 68.3 Å². The molecule has 38 heavy (non-hydrogen) atoms. The van der Waals surface area contributed by atoms with Gasteiger partial charge in [0.05, 0.1) is 30.0 Å². The summed E-state index contributed by atoms with van der Waals surface area (Å²) in [6.45, 7) is 4.17. The molecule has 0 spiro atoms. The van der Waals surface area contributed by atoms with E-state index in [1.165, 1.54) is 0 Å². The van der Waals surface area contributed by atoms with Gasteiger partial charge in [-0.15, -0.1) is 0 Å². The number of carbonyl (C=O) groups is 1. The van der Waals surface area contributed by atoms with Crippen LogP contribution in [0.25, 0.3) is 0 Å². The maximum atomic E-state index is 12.4. The van der Waals surface area contributed by atoms with Crippen molar-refractivity contribution in [3.63, 3.8) is 0 Å². The Morgan fingerprint density at radius 2 is 1.68 bits per heavy atom. The first kappa shape index (κ1) is 27.1. The van der Waals surface area contributed by atoms with Crippen LogP contribution in [0.5, 0.6) is 0 Å². The second kappa shape index (κ2) is 8.94. The highest BCUT2D eigenvalue weighted by Crippen LogP contribution is 2.70. The van der Waals surface area contributed by atoms with Crippen molar-refractivity contribution in [3.05, 3.63) is 11.6 Å². The number of esters is 1. The van der Waals surface area contributed by atoms with Crippen molar-refractivity contribution in [1.82, 2.24) is 0 Å². The van der Waals surface area contributed by atoms with Gasteiger partial charge in [0.2, 0.25) is 0 Å². The zero-order valence-corrected chi connectivity index (χ0v) is 22.2. The lowest BCUT2D eigenvalue weighted by Gasteiger charge is -2.67. The van der Waals surface area contributed by atoms with Crippen molar-refractivity contribution in [2.45, 2.75) is 113 Å². The molecule has 6 aliphatic rings. The van der Waals surface area contributed by atoms with Gasteiger partial charge in [0.1, 0.15) is 24.9 Å². The molecule has 2 heterocycles. The predicted octanol–water partition coefficient (Wildman–Crippen LogP) is 0.153. The number of ether oxygens (including phenoxy) is 3. The van der Waals surface area contributed by atoms with Gasteiger partial charge >= 0.3 is 5.97 Å². The molecule has 5 fully saturated rings. The van der Waals surface area contributed by atoms with Gasteiger partial charge in [0, 0.05) is 23.3 Å². The Bertz CT molecular complexity index is 1000. The summed E-state index contributed by atoms with van der Waals surface area (Å²) in [5.41, 5.74) is -2.52. The van der Waals surface area contributed by atoms with Crippen molar-refractivity contribution in [3.8, 4) is 0 Å². The minimum Gasteiger partial charge on any atom is -0.458 e. The SMILES string of the molecule is C[C@]12CC[C@H](O[C@@H]3OC[C@@H](O)[C@@H](O)[C@H]3O)C[C@@]1(O)CC[C@@H]1[C@@H]2[C@H](O)C[C@]2(C)[C@@H](C3=CC(=O)OC3)CC[C@]12O. The third-order valence-electron chi connectivity index (χ3n) is 11.8. The number of aliphatic hydroxyl groups excluding tert-OH is 4. The maximum absolute atomic E-state index is 12.4. The summed E-state index contributed by atoms with van der Waals surface area (Å²) in [6.07, 6.45) is -0.538. The quantitative estimate of drug-likeness (QED) is 0.215. The summed E-state index contributed by atoms with van der Waals surface area (Å²) in [5, 5.41) is 66.2. The highest BCUT2D eigenvalue weighted by Gasteiger charge is 2.72. The fourth-order valence-corrected chi connectivity index (χ4v) is 9.67. The van der Waals surface area contributed by atoms with Crippen LogP contribution < -0.4 is 0 Å². The molecule has 6 N–H and O–H groups in total. The van der Waals surface area contributed by atoms with Gasteiger partial charge in [-0.2, -0.15) is 0 Å². The number of cyclic esters (lactones) is 1. The van der Waals surface area contributed by atoms with Crippen LogP contribution in [0.1, 0.15) is 65.2 Å². The summed E-state index contributed by atoms with van der Waals surface area (Å²) in [6, 6.07) is 0. The third-order valence-corrected chi connectivity index (χ3v) is 11.8. The van der Waals surface area contributed by atoms with E-state index in [4.69, 9.17) is 14.2 Å². The van der Waals surface area contributed by atoms with Gasteiger partial charge in [-0.3, -0.25) is 0 Å². The number of hydrogen-bond acceptors (Lipinski definition) is 10. The van der Waals surface area contributed by atoms with Gasteiger partial charge in [-0.25, -0.2) is 4.79 Å². The molecule has 0 amide bonds. The van der Waals surface area contributed by atoms with E-state index < -0.39 is 58.8 Å². The zero-order chi connectivity index (χ0) is 27.3. The Morgan fingerprint density at radius 1 is 0.921 bits per heavy atom. The van der Waals surface area contributed by atoms with E-state index >= 15 is 0 Å². The van der Waals surface area contributed by atoms with Crippen LogP contribution in [0.15, 0.2) is 11.6 Å². The van der Waals surface area contributed by atoms with E-state index in [9.17, 15) is 35.4 Å². The smallest absolute Gasteiger partial charge is 0.331 e.